The van der Waals surface area contributed by atoms with Crippen LogP contribution in [-0.2, 0) is 0 Å². The van der Waals surface area contributed by atoms with Crippen molar-refractivity contribution in [2.45, 2.75) is 6.42 Å². The van der Waals surface area contributed by atoms with Crippen molar-refractivity contribution in [3.63, 3.8) is 0 Å². The van der Waals surface area contributed by atoms with Crippen molar-refractivity contribution in [3.8, 4) is 5.75 Å². The van der Waals surface area contributed by atoms with Crippen LogP contribution in [0, 0.1) is 0 Å². The number of carbonyl (C=O) groups excluding carboxylic acids is 2. The van der Waals surface area contributed by atoms with Gasteiger partial charge in [0, 0.05) is 31.7 Å². The highest BCUT2D eigenvalue weighted by molar-refractivity contribution is 6.42. The SMILES string of the molecule is O=C(c1ccc(Cl)c(Cl)c1)N1CCCN(C(=O)c2ccccc2O)CC1. The van der Waals surface area contributed by atoms with Gasteiger partial charge in [-0.1, -0.05) is 35.3 Å². The average molecular weight is 393 g/mol. The fraction of sp³-hybridized carbons (Fsp3) is 0.263. The Morgan fingerprint density at radius 1 is 0.846 bits per heavy atom. The van der Waals surface area contributed by atoms with Crippen molar-refractivity contribution in [2.75, 3.05) is 26.2 Å². The number of hydrogen-bond acceptors (Lipinski definition) is 3. The summed E-state index contributed by atoms with van der Waals surface area (Å²) in [6.45, 7) is 1.89. The largest absolute Gasteiger partial charge is 0.507 e. The molecular formula is C19H18Cl2N2O3. The second-order valence-electron chi connectivity index (χ2n) is 6.08. The van der Waals surface area contributed by atoms with Crippen LogP contribution in [0.15, 0.2) is 42.5 Å². The molecule has 0 aliphatic carbocycles. The molecule has 1 aliphatic rings. The minimum Gasteiger partial charge on any atom is -0.507 e. The number of hydrogen-bond donors (Lipinski definition) is 1. The summed E-state index contributed by atoms with van der Waals surface area (Å²) in [7, 11) is 0. The summed E-state index contributed by atoms with van der Waals surface area (Å²) >= 11 is 11.9. The minimum absolute atomic E-state index is 0.0366. The summed E-state index contributed by atoms with van der Waals surface area (Å²) in [5, 5.41) is 10.6. The van der Waals surface area contributed by atoms with Gasteiger partial charge in [-0.15, -0.1) is 0 Å². The Labute approximate surface area is 161 Å². The van der Waals surface area contributed by atoms with Gasteiger partial charge in [-0.3, -0.25) is 9.59 Å². The maximum absolute atomic E-state index is 12.7. The number of nitrogens with zero attached hydrogens (tertiary/aromatic N) is 2. The van der Waals surface area contributed by atoms with Gasteiger partial charge in [-0.25, -0.2) is 0 Å². The van der Waals surface area contributed by atoms with Gasteiger partial charge in [0.05, 0.1) is 15.6 Å². The van der Waals surface area contributed by atoms with Gasteiger partial charge in [-0.05, 0) is 36.8 Å². The Kier molecular flexibility index (Phi) is 5.69. The van der Waals surface area contributed by atoms with E-state index >= 15 is 0 Å². The third-order valence-corrected chi connectivity index (χ3v) is 5.11. The van der Waals surface area contributed by atoms with E-state index in [4.69, 9.17) is 23.2 Å². The van der Waals surface area contributed by atoms with E-state index in [-0.39, 0.29) is 23.1 Å². The van der Waals surface area contributed by atoms with Crippen molar-refractivity contribution in [2.24, 2.45) is 0 Å². The van der Waals surface area contributed by atoms with Gasteiger partial charge in [-0.2, -0.15) is 0 Å². The predicted molar refractivity (Wildman–Crippen MR) is 101 cm³/mol. The topological polar surface area (TPSA) is 60.9 Å². The van der Waals surface area contributed by atoms with E-state index in [2.05, 4.69) is 0 Å². The molecule has 1 saturated heterocycles. The molecule has 0 unspecified atom stereocenters. The number of amides is 2. The summed E-state index contributed by atoms with van der Waals surface area (Å²) < 4.78 is 0. The molecule has 136 valence electrons. The van der Waals surface area contributed by atoms with E-state index in [1.54, 1.807) is 46.2 Å². The maximum atomic E-state index is 12.7. The zero-order valence-corrected chi connectivity index (χ0v) is 15.5. The van der Waals surface area contributed by atoms with Crippen LogP contribution >= 0.6 is 23.2 Å². The monoisotopic (exact) mass is 392 g/mol. The third-order valence-electron chi connectivity index (χ3n) is 4.37. The van der Waals surface area contributed by atoms with Gasteiger partial charge >= 0.3 is 0 Å². The van der Waals surface area contributed by atoms with Crippen molar-refractivity contribution in [1.82, 2.24) is 9.80 Å². The lowest BCUT2D eigenvalue weighted by Crippen LogP contribution is -2.37. The predicted octanol–water partition coefficient (Wildman–Crippen LogP) is 3.69. The molecular weight excluding hydrogens is 375 g/mol. The molecule has 3 rings (SSSR count). The molecule has 0 radical (unpaired) electrons. The number of phenolic OH excluding ortho intramolecular Hbond substituents is 1. The summed E-state index contributed by atoms with van der Waals surface area (Å²) in [5.74, 6) is -0.405. The number of benzene rings is 2. The Morgan fingerprint density at radius 2 is 1.50 bits per heavy atom. The van der Waals surface area contributed by atoms with E-state index in [9.17, 15) is 14.7 Å². The summed E-state index contributed by atoms with van der Waals surface area (Å²) in [6, 6.07) is 11.3. The molecule has 7 heteroatoms. The molecule has 0 atom stereocenters. The second-order valence-corrected chi connectivity index (χ2v) is 6.90. The van der Waals surface area contributed by atoms with E-state index in [0.29, 0.717) is 48.2 Å². The van der Waals surface area contributed by atoms with Crippen molar-refractivity contribution >= 4 is 35.0 Å². The highest BCUT2D eigenvalue weighted by Crippen LogP contribution is 2.24. The van der Waals surface area contributed by atoms with Gasteiger partial charge in [0.2, 0.25) is 0 Å². The normalized spacial score (nSPS) is 14.8. The molecule has 0 bridgehead atoms. The van der Waals surface area contributed by atoms with Crippen LogP contribution in [0.1, 0.15) is 27.1 Å². The van der Waals surface area contributed by atoms with E-state index in [1.165, 1.54) is 6.07 Å². The number of para-hydroxylation sites is 1. The molecule has 26 heavy (non-hydrogen) atoms. The fourth-order valence-electron chi connectivity index (χ4n) is 2.96. The molecule has 5 nitrogen and oxygen atoms in total. The summed E-state index contributed by atoms with van der Waals surface area (Å²) in [5.41, 5.74) is 0.747. The van der Waals surface area contributed by atoms with Gasteiger partial charge < -0.3 is 14.9 Å². The lowest BCUT2D eigenvalue weighted by molar-refractivity contribution is 0.0717. The third kappa shape index (κ3) is 3.94. The van der Waals surface area contributed by atoms with Crippen LogP contribution in [0.2, 0.25) is 10.0 Å². The molecule has 1 N–H and O–H groups in total. The van der Waals surface area contributed by atoms with Crippen molar-refractivity contribution in [3.05, 3.63) is 63.6 Å². The van der Waals surface area contributed by atoms with Crippen LogP contribution in [0.4, 0.5) is 0 Å². The standard InChI is InChI=1S/C19H18Cl2N2O3/c20-15-7-6-13(12-16(15)21)18(25)22-8-3-9-23(11-10-22)19(26)14-4-1-2-5-17(14)24/h1-2,4-7,12,24H,3,8-11H2. The highest BCUT2D eigenvalue weighted by Gasteiger charge is 2.25. The van der Waals surface area contributed by atoms with Gasteiger partial charge in [0.25, 0.3) is 11.8 Å². The minimum atomic E-state index is -0.230. The molecule has 1 fully saturated rings. The van der Waals surface area contributed by atoms with Crippen LogP contribution in [0.3, 0.4) is 0 Å². The molecule has 1 heterocycles. The first-order valence-electron chi connectivity index (χ1n) is 8.29. The lowest BCUT2D eigenvalue weighted by Gasteiger charge is -2.22. The number of phenols is 1. The zero-order valence-electron chi connectivity index (χ0n) is 14.0. The number of carbonyl (C=O) groups is 2. The first-order valence-corrected chi connectivity index (χ1v) is 9.04. The smallest absolute Gasteiger partial charge is 0.257 e. The Bertz CT molecular complexity index is 841. The quantitative estimate of drug-likeness (QED) is 0.847. The van der Waals surface area contributed by atoms with Gasteiger partial charge in [0.1, 0.15) is 5.75 Å². The van der Waals surface area contributed by atoms with Crippen molar-refractivity contribution < 1.29 is 14.7 Å². The van der Waals surface area contributed by atoms with Gasteiger partial charge in [0.15, 0.2) is 0 Å². The number of aromatic hydroxyl groups is 1. The Morgan fingerprint density at radius 3 is 2.15 bits per heavy atom. The first-order chi connectivity index (χ1) is 12.5. The van der Waals surface area contributed by atoms with Crippen molar-refractivity contribution in [1.29, 1.82) is 0 Å². The zero-order chi connectivity index (χ0) is 18.7. The average Bonchev–Trinajstić information content (AvgIpc) is 2.89. The molecule has 0 saturated carbocycles. The van der Waals surface area contributed by atoms with Crippen LogP contribution in [0.25, 0.3) is 0 Å². The molecule has 2 aromatic rings. The molecule has 2 amide bonds. The fourth-order valence-corrected chi connectivity index (χ4v) is 3.26. The summed E-state index contributed by atoms with van der Waals surface area (Å²) in [6.07, 6.45) is 0.659. The van der Waals surface area contributed by atoms with E-state index in [0.717, 1.165) is 0 Å². The number of rotatable bonds is 2. The van der Waals surface area contributed by atoms with Crippen LogP contribution < -0.4 is 0 Å². The molecule has 2 aromatic carbocycles. The Hall–Kier alpha value is -2.24. The highest BCUT2D eigenvalue weighted by atomic mass is 35.5. The first kappa shape index (κ1) is 18.5. The second kappa shape index (κ2) is 7.98. The summed E-state index contributed by atoms with van der Waals surface area (Å²) in [4.78, 5) is 28.7. The lowest BCUT2D eigenvalue weighted by atomic mass is 10.1. The maximum Gasteiger partial charge on any atom is 0.257 e. The Balaban J connectivity index is 1.70. The van der Waals surface area contributed by atoms with Crippen LogP contribution in [0.5, 0.6) is 5.75 Å². The number of halogens is 2. The van der Waals surface area contributed by atoms with Crippen LogP contribution in [-0.4, -0.2) is 52.9 Å². The molecule has 1 aliphatic heterocycles. The molecule has 0 spiro atoms. The molecule has 0 aromatic heterocycles. The van der Waals surface area contributed by atoms with E-state index < -0.39 is 0 Å². The van der Waals surface area contributed by atoms with E-state index in [1.807, 2.05) is 0 Å².